The molecule has 92 valence electrons. The first-order valence-electron chi connectivity index (χ1n) is 5.52. The van der Waals surface area contributed by atoms with Gasteiger partial charge in [0.25, 0.3) is 0 Å². The van der Waals surface area contributed by atoms with E-state index in [0.717, 1.165) is 22.3 Å². The average molecular weight is 298 g/mol. The Kier molecular flexibility index (Phi) is 3.51. The second-order valence-corrected chi connectivity index (χ2v) is 5.39. The summed E-state index contributed by atoms with van der Waals surface area (Å²) in [7, 11) is 3.98. The summed E-state index contributed by atoms with van der Waals surface area (Å²) < 4.78 is 0.966. The number of nitrogens with zero attached hydrogens (tertiary/aromatic N) is 2. The molecule has 0 saturated carbocycles. The zero-order chi connectivity index (χ0) is 12.6. The van der Waals surface area contributed by atoms with Gasteiger partial charge in [0.1, 0.15) is 6.04 Å². The lowest BCUT2D eigenvalue weighted by Gasteiger charge is -2.20. The van der Waals surface area contributed by atoms with Crippen LogP contribution in [0.15, 0.2) is 22.7 Å². The molecule has 1 atom stereocenters. The van der Waals surface area contributed by atoms with E-state index < -0.39 is 6.04 Å². The Balaban J connectivity index is 2.29. The Morgan fingerprint density at radius 2 is 2.18 bits per heavy atom. The van der Waals surface area contributed by atoms with Gasteiger partial charge < -0.3 is 15.5 Å². The molecule has 1 aliphatic rings. The molecule has 1 aliphatic heterocycles. The SMILES string of the molecule is CN(C)CCN1C(=O)C(N)c2ccc(Br)cc21. The molecule has 2 N–H and O–H groups in total. The number of hydrogen-bond donors (Lipinski definition) is 1. The Morgan fingerprint density at radius 1 is 1.47 bits per heavy atom. The van der Waals surface area contributed by atoms with Crippen molar-refractivity contribution in [3.05, 3.63) is 28.2 Å². The highest BCUT2D eigenvalue weighted by Crippen LogP contribution is 2.36. The third-order valence-corrected chi connectivity index (χ3v) is 3.41. The van der Waals surface area contributed by atoms with Gasteiger partial charge in [-0.1, -0.05) is 22.0 Å². The molecule has 0 aromatic heterocycles. The lowest BCUT2D eigenvalue weighted by atomic mass is 10.1. The Labute approximate surface area is 110 Å². The third-order valence-electron chi connectivity index (χ3n) is 2.92. The molecule has 0 bridgehead atoms. The number of hydrogen-bond acceptors (Lipinski definition) is 3. The minimum Gasteiger partial charge on any atom is -0.316 e. The van der Waals surface area contributed by atoms with E-state index in [-0.39, 0.29) is 5.91 Å². The van der Waals surface area contributed by atoms with Gasteiger partial charge in [0.05, 0.1) is 5.69 Å². The van der Waals surface area contributed by atoms with Crippen LogP contribution < -0.4 is 10.6 Å². The summed E-state index contributed by atoms with van der Waals surface area (Å²) in [4.78, 5) is 15.9. The quantitative estimate of drug-likeness (QED) is 0.916. The van der Waals surface area contributed by atoms with E-state index >= 15 is 0 Å². The van der Waals surface area contributed by atoms with Crippen LogP contribution in [0, 0.1) is 0 Å². The minimum absolute atomic E-state index is 0.0139. The van der Waals surface area contributed by atoms with E-state index in [2.05, 4.69) is 20.8 Å². The molecule has 1 heterocycles. The predicted molar refractivity (Wildman–Crippen MR) is 72.0 cm³/mol. The molecule has 1 aromatic rings. The van der Waals surface area contributed by atoms with Crippen LogP contribution in [0.1, 0.15) is 11.6 Å². The molecule has 17 heavy (non-hydrogen) atoms. The van der Waals surface area contributed by atoms with Crippen molar-refractivity contribution < 1.29 is 4.79 Å². The molecule has 4 nitrogen and oxygen atoms in total. The van der Waals surface area contributed by atoms with Crippen LogP contribution in [-0.2, 0) is 4.79 Å². The molecule has 0 fully saturated rings. The number of anilines is 1. The van der Waals surface area contributed by atoms with Crippen LogP contribution in [0.25, 0.3) is 0 Å². The molecule has 1 unspecified atom stereocenters. The number of nitrogens with two attached hydrogens (primary N) is 1. The number of carbonyl (C=O) groups excluding carboxylic acids is 1. The second kappa shape index (κ2) is 4.76. The van der Waals surface area contributed by atoms with Gasteiger partial charge in [-0.05, 0) is 26.2 Å². The largest absolute Gasteiger partial charge is 0.316 e. The summed E-state index contributed by atoms with van der Waals surface area (Å²) >= 11 is 3.42. The van der Waals surface area contributed by atoms with Crippen molar-refractivity contribution in [2.45, 2.75) is 6.04 Å². The molecule has 5 heteroatoms. The van der Waals surface area contributed by atoms with Gasteiger partial charge in [-0.3, -0.25) is 4.79 Å². The van der Waals surface area contributed by atoms with Crippen LogP contribution in [0.4, 0.5) is 5.69 Å². The lowest BCUT2D eigenvalue weighted by Crippen LogP contribution is -2.36. The van der Waals surface area contributed by atoms with Gasteiger partial charge in [0.15, 0.2) is 0 Å². The van der Waals surface area contributed by atoms with Crippen molar-refractivity contribution in [3.8, 4) is 0 Å². The summed E-state index contributed by atoms with van der Waals surface area (Å²) in [5, 5.41) is 0. The molecule has 0 spiro atoms. The normalized spacial score (nSPS) is 19.0. The lowest BCUT2D eigenvalue weighted by molar-refractivity contribution is -0.119. The topological polar surface area (TPSA) is 49.6 Å². The molecule has 1 amide bonds. The Hall–Kier alpha value is -0.910. The summed E-state index contributed by atoms with van der Waals surface area (Å²) in [6.07, 6.45) is 0. The molecule has 0 aliphatic carbocycles. The fourth-order valence-electron chi connectivity index (χ4n) is 1.96. The maximum absolute atomic E-state index is 12.1. The maximum atomic E-state index is 12.1. The van der Waals surface area contributed by atoms with Gasteiger partial charge in [-0.15, -0.1) is 0 Å². The van der Waals surface area contributed by atoms with Crippen molar-refractivity contribution in [2.75, 3.05) is 32.1 Å². The zero-order valence-electron chi connectivity index (χ0n) is 9.98. The van der Waals surface area contributed by atoms with E-state index in [1.165, 1.54) is 0 Å². The van der Waals surface area contributed by atoms with Crippen LogP contribution in [0.2, 0.25) is 0 Å². The standard InChI is InChI=1S/C12H16BrN3O/c1-15(2)5-6-16-10-7-8(13)3-4-9(10)11(14)12(16)17/h3-4,7,11H,5-6,14H2,1-2H3. The van der Waals surface area contributed by atoms with Gasteiger partial charge in [0, 0.05) is 23.1 Å². The predicted octanol–water partition coefficient (Wildman–Crippen LogP) is 1.36. The van der Waals surface area contributed by atoms with E-state index in [4.69, 9.17) is 5.73 Å². The van der Waals surface area contributed by atoms with Crippen molar-refractivity contribution in [2.24, 2.45) is 5.73 Å². The monoisotopic (exact) mass is 297 g/mol. The molecule has 0 radical (unpaired) electrons. The first-order chi connectivity index (χ1) is 8.00. The van der Waals surface area contributed by atoms with Gasteiger partial charge >= 0.3 is 0 Å². The fourth-order valence-corrected chi connectivity index (χ4v) is 2.31. The Bertz CT molecular complexity index is 447. The van der Waals surface area contributed by atoms with Gasteiger partial charge in [0.2, 0.25) is 5.91 Å². The van der Waals surface area contributed by atoms with Gasteiger partial charge in [-0.25, -0.2) is 0 Å². The molecular weight excluding hydrogens is 282 g/mol. The highest BCUT2D eigenvalue weighted by Gasteiger charge is 2.34. The number of benzene rings is 1. The summed E-state index contributed by atoms with van der Waals surface area (Å²) in [5.74, 6) is -0.0139. The number of likely N-dealkylation sites (N-methyl/N-ethyl adjacent to an activating group) is 1. The Morgan fingerprint density at radius 3 is 2.82 bits per heavy atom. The van der Waals surface area contributed by atoms with Crippen LogP contribution in [0.5, 0.6) is 0 Å². The first-order valence-corrected chi connectivity index (χ1v) is 6.31. The van der Waals surface area contributed by atoms with Crippen molar-refractivity contribution in [1.82, 2.24) is 4.90 Å². The number of halogens is 1. The van der Waals surface area contributed by atoms with Crippen molar-refractivity contribution in [3.63, 3.8) is 0 Å². The fraction of sp³-hybridized carbons (Fsp3) is 0.417. The van der Waals surface area contributed by atoms with Crippen LogP contribution in [-0.4, -0.2) is 38.0 Å². The highest BCUT2D eigenvalue weighted by atomic mass is 79.9. The van der Waals surface area contributed by atoms with Crippen LogP contribution in [0.3, 0.4) is 0 Å². The third kappa shape index (κ3) is 2.36. The average Bonchev–Trinajstić information content (AvgIpc) is 2.49. The minimum atomic E-state index is -0.514. The zero-order valence-corrected chi connectivity index (χ0v) is 11.6. The van der Waals surface area contributed by atoms with Crippen LogP contribution >= 0.6 is 15.9 Å². The molecular formula is C12H16BrN3O. The number of carbonyl (C=O) groups is 1. The van der Waals surface area contributed by atoms with E-state index in [1.54, 1.807) is 4.90 Å². The maximum Gasteiger partial charge on any atom is 0.248 e. The van der Waals surface area contributed by atoms with E-state index in [1.807, 2.05) is 32.3 Å². The molecule has 0 saturated heterocycles. The summed E-state index contributed by atoms with van der Waals surface area (Å²) in [5.41, 5.74) is 7.76. The van der Waals surface area contributed by atoms with Crippen molar-refractivity contribution >= 4 is 27.5 Å². The second-order valence-electron chi connectivity index (χ2n) is 4.47. The van der Waals surface area contributed by atoms with E-state index in [9.17, 15) is 4.79 Å². The number of amides is 1. The van der Waals surface area contributed by atoms with Crippen molar-refractivity contribution in [1.29, 1.82) is 0 Å². The summed E-state index contributed by atoms with van der Waals surface area (Å²) in [6, 6.07) is 5.27. The van der Waals surface area contributed by atoms with Gasteiger partial charge in [-0.2, -0.15) is 0 Å². The molecule has 2 rings (SSSR count). The smallest absolute Gasteiger partial charge is 0.248 e. The first kappa shape index (κ1) is 12.5. The number of rotatable bonds is 3. The van der Waals surface area contributed by atoms with E-state index in [0.29, 0.717) is 6.54 Å². The highest BCUT2D eigenvalue weighted by molar-refractivity contribution is 9.10. The summed E-state index contributed by atoms with van der Waals surface area (Å²) in [6.45, 7) is 1.49. The molecule has 1 aromatic carbocycles. The number of fused-ring (bicyclic) bond motifs is 1.